The van der Waals surface area contributed by atoms with Gasteiger partial charge in [0.25, 0.3) is 0 Å². The van der Waals surface area contributed by atoms with Crippen LogP contribution in [0, 0.1) is 6.92 Å². The Hall–Kier alpha value is -3.03. The Morgan fingerprint density at radius 2 is 1.61 bits per heavy atom. The van der Waals surface area contributed by atoms with E-state index in [0.29, 0.717) is 4.90 Å². The van der Waals surface area contributed by atoms with Gasteiger partial charge in [-0.2, -0.15) is 0 Å². The Morgan fingerprint density at radius 3 is 2.31 bits per heavy atom. The Morgan fingerprint density at radius 1 is 0.944 bits per heavy atom. The van der Waals surface area contributed by atoms with Gasteiger partial charge in [0.05, 0.1) is 23.6 Å². The summed E-state index contributed by atoms with van der Waals surface area (Å²) in [5.74, 6) is -0.542. The number of aliphatic hydroxyl groups excluding tert-OH is 1. The van der Waals surface area contributed by atoms with Crippen LogP contribution >= 0.6 is 11.6 Å². The van der Waals surface area contributed by atoms with Crippen molar-refractivity contribution in [2.24, 2.45) is 0 Å². The second kappa shape index (κ2) is 12.3. The Labute approximate surface area is 219 Å². The van der Waals surface area contributed by atoms with Gasteiger partial charge in [-0.1, -0.05) is 90.5 Å². The zero-order chi connectivity index (χ0) is 25.5. The zero-order valence-corrected chi connectivity index (χ0v) is 21.6. The summed E-state index contributed by atoms with van der Waals surface area (Å²) in [7, 11) is -1.60. The van der Waals surface area contributed by atoms with Crippen LogP contribution in [0.3, 0.4) is 0 Å². The lowest BCUT2D eigenvalue weighted by Gasteiger charge is -2.37. The molecule has 0 unspecified atom stereocenters. The van der Waals surface area contributed by atoms with Gasteiger partial charge in [0.1, 0.15) is 16.9 Å². The van der Waals surface area contributed by atoms with Crippen LogP contribution in [0.25, 0.3) is 10.8 Å². The fourth-order valence-electron chi connectivity index (χ4n) is 4.35. The number of rotatable bonds is 10. The Bertz CT molecular complexity index is 1330. The summed E-state index contributed by atoms with van der Waals surface area (Å²) in [4.78, 5) is 15.3. The van der Waals surface area contributed by atoms with Crippen molar-refractivity contribution >= 4 is 39.3 Å². The van der Waals surface area contributed by atoms with Crippen molar-refractivity contribution in [3.8, 4) is 0 Å². The van der Waals surface area contributed by atoms with Crippen molar-refractivity contribution in [1.82, 2.24) is 9.62 Å². The highest BCUT2D eigenvalue weighted by atomic mass is 35.5. The molecule has 4 aromatic carbocycles. The molecular formula is C29H29ClN2O3S. The SMILES string of the molecule is Cc1ccc([S@](=O)N[C@H](c2cccc3ccccc23)[C@@H](CO)N(Cc2ccccc2)C(=O)CCl)cc1. The maximum absolute atomic E-state index is 13.5. The molecular weight excluding hydrogens is 492 g/mol. The van der Waals surface area contributed by atoms with E-state index in [4.69, 9.17) is 11.6 Å². The number of fused-ring (bicyclic) bond motifs is 1. The van der Waals surface area contributed by atoms with Crippen molar-refractivity contribution in [1.29, 1.82) is 0 Å². The normalized spacial score (nSPS) is 13.8. The average molecular weight is 521 g/mol. The topological polar surface area (TPSA) is 69.6 Å². The first-order valence-corrected chi connectivity index (χ1v) is 13.4. The molecule has 0 aliphatic carbocycles. The van der Waals surface area contributed by atoms with Gasteiger partial charge in [0, 0.05) is 6.54 Å². The minimum atomic E-state index is -1.60. The van der Waals surface area contributed by atoms with Crippen LogP contribution < -0.4 is 4.72 Å². The fraction of sp³-hybridized carbons (Fsp3) is 0.207. The lowest BCUT2D eigenvalue weighted by atomic mass is 9.93. The Balaban J connectivity index is 1.80. The van der Waals surface area contributed by atoms with Crippen molar-refractivity contribution in [2.75, 3.05) is 12.5 Å². The molecule has 4 aromatic rings. The lowest BCUT2D eigenvalue weighted by molar-refractivity contribution is -0.133. The fourth-order valence-corrected chi connectivity index (χ4v) is 5.53. The predicted molar refractivity (Wildman–Crippen MR) is 146 cm³/mol. The Kier molecular flexibility index (Phi) is 8.88. The van der Waals surface area contributed by atoms with Gasteiger partial charge in [0.2, 0.25) is 5.91 Å². The van der Waals surface area contributed by atoms with Crippen molar-refractivity contribution in [3.05, 3.63) is 114 Å². The highest BCUT2D eigenvalue weighted by Crippen LogP contribution is 2.30. The van der Waals surface area contributed by atoms with Gasteiger partial charge in [-0.25, -0.2) is 8.93 Å². The molecule has 3 atom stereocenters. The van der Waals surface area contributed by atoms with E-state index in [1.165, 1.54) is 0 Å². The van der Waals surface area contributed by atoms with Crippen LogP contribution in [-0.4, -0.2) is 38.7 Å². The number of alkyl halides is 1. The number of aliphatic hydroxyl groups is 1. The molecule has 0 aliphatic rings. The van der Waals surface area contributed by atoms with Crippen molar-refractivity contribution in [2.45, 2.75) is 30.4 Å². The summed E-state index contributed by atoms with van der Waals surface area (Å²) in [6.07, 6.45) is 0. The van der Waals surface area contributed by atoms with Crippen LogP contribution in [0.2, 0.25) is 0 Å². The van der Waals surface area contributed by atoms with E-state index >= 15 is 0 Å². The number of amides is 1. The molecule has 36 heavy (non-hydrogen) atoms. The summed E-state index contributed by atoms with van der Waals surface area (Å²) in [6.45, 7) is 1.89. The third-order valence-electron chi connectivity index (χ3n) is 6.23. The number of benzene rings is 4. The monoisotopic (exact) mass is 520 g/mol. The van der Waals surface area contributed by atoms with E-state index in [2.05, 4.69) is 4.72 Å². The number of aryl methyl sites for hydroxylation is 1. The molecule has 186 valence electrons. The molecule has 0 aromatic heterocycles. The molecule has 0 heterocycles. The molecule has 0 saturated heterocycles. The largest absolute Gasteiger partial charge is 0.394 e. The van der Waals surface area contributed by atoms with E-state index in [9.17, 15) is 14.1 Å². The van der Waals surface area contributed by atoms with E-state index < -0.39 is 23.1 Å². The summed E-state index contributed by atoms with van der Waals surface area (Å²) in [5, 5.41) is 12.6. The summed E-state index contributed by atoms with van der Waals surface area (Å²) >= 11 is 6.02. The molecule has 0 aliphatic heterocycles. The van der Waals surface area contributed by atoms with Gasteiger partial charge in [-0.15, -0.1) is 11.6 Å². The van der Waals surface area contributed by atoms with E-state index in [1.807, 2.05) is 104 Å². The molecule has 0 saturated carbocycles. The van der Waals surface area contributed by atoms with Gasteiger partial charge < -0.3 is 10.0 Å². The smallest absolute Gasteiger partial charge is 0.238 e. The number of hydrogen-bond acceptors (Lipinski definition) is 3. The zero-order valence-electron chi connectivity index (χ0n) is 20.0. The standard InChI is InChI=1S/C29H29ClN2O3S/c1-21-14-16-24(17-15-21)36(35)31-29(26-13-7-11-23-10-5-6-12-25(23)26)27(20-33)32(28(34)18-30)19-22-8-3-2-4-9-22/h2-17,27,29,31,33H,18-20H2,1H3/t27-,29-,36+/m1/s1. The summed E-state index contributed by atoms with van der Waals surface area (Å²) in [6, 6.07) is 29.4. The van der Waals surface area contributed by atoms with E-state index in [-0.39, 0.29) is 24.9 Å². The summed E-state index contributed by atoms with van der Waals surface area (Å²) < 4.78 is 16.7. The van der Waals surface area contributed by atoms with E-state index in [1.54, 1.807) is 4.90 Å². The third-order valence-corrected chi connectivity index (χ3v) is 7.63. The first-order valence-electron chi connectivity index (χ1n) is 11.7. The molecule has 7 heteroatoms. The number of halogens is 1. The van der Waals surface area contributed by atoms with E-state index in [0.717, 1.165) is 27.5 Å². The third kappa shape index (κ3) is 6.02. The maximum Gasteiger partial charge on any atom is 0.238 e. The van der Waals surface area contributed by atoms with Crippen LogP contribution in [0.5, 0.6) is 0 Å². The maximum atomic E-state index is 13.5. The molecule has 4 rings (SSSR count). The molecule has 0 spiro atoms. The average Bonchev–Trinajstić information content (AvgIpc) is 2.92. The number of nitrogens with one attached hydrogen (secondary N) is 1. The second-order valence-electron chi connectivity index (χ2n) is 8.64. The molecule has 0 bridgehead atoms. The van der Waals surface area contributed by atoms with Gasteiger partial charge >= 0.3 is 0 Å². The van der Waals surface area contributed by atoms with Crippen LogP contribution in [0.1, 0.15) is 22.7 Å². The van der Waals surface area contributed by atoms with Crippen molar-refractivity contribution in [3.63, 3.8) is 0 Å². The van der Waals surface area contributed by atoms with Gasteiger partial charge in [-0.3, -0.25) is 4.79 Å². The first kappa shape index (κ1) is 26.0. The first-order chi connectivity index (χ1) is 17.5. The molecule has 0 radical (unpaired) electrons. The minimum Gasteiger partial charge on any atom is -0.394 e. The van der Waals surface area contributed by atoms with Crippen LogP contribution in [0.4, 0.5) is 0 Å². The molecule has 5 nitrogen and oxygen atoms in total. The molecule has 2 N–H and O–H groups in total. The molecule has 1 amide bonds. The van der Waals surface area contributed by atoms with Crippen LogP contribution in [-0.2, 0) is 22.3 Å². The number of carbonyl (C=O) groups excluding carboxylic acids is 1. The quantitative estimate of drug-likeness (QED) is 0.285. The van der Waals surface area contributed by atoms with Crippen LogP contribution in [0.15, 0.2) is 102 Å². The molecule has 0 fully saturated rings. The van der Waals surface area contributed by atoms with Crippen molar-refractivity contribution < 1.29 is 14.1 Å². The van der Waals surface area contributed by atoms with Gasteiger partial charge in [-0.05, 0) is 41.0 Å². The second-order valence-corrected chi connectivity index (χ2v) is 10.1. The lowest BCUT2D eigenvalue weighted by Crippen LogP contribution is -2.50. The summed E-state index contributed by atoms with van der Waals surface area (Å²) in [5.41, 5.74) is 2.81. The number of nitrogens with zero attached hydrogens (tertiary/aromatic N) is 1. The highest BCUT2D eigenvalue weighted by molar-refractivity contribution is 7.83. The highest BCUT2D eigenvalue weighted by Gasteiger charge is 2.33. The number of hydrogen-bond donors (Lipinski definition) is 2. The predicted octanol–water partition coefficient (Wildman–Crippen LogP) is 5.13. The number of carbonyl (C=O) groups is 1. The van der Waals surface area contributed by atoms with Gasteiger partial charge in [0.15, 0.2) is 0 Å². The minimum absolute atomic E-state index is 0.230.